The van der Waals surface area contributed by atoms with E-state index >= 15 is 0 Å². The van der Waals surface area contributed by atoms with E-state index in [0.29, 0.717) is 13.1 Å². The van der Waals surface area contributed by atoms with E-state index in [4.69, 9.17) is 0 Å². The Bertz CT molecular complexity index is 93.1. The van der Waals surface area contributed by atoms with Crippen LogP contribution in [0.5, 0.6) is 0 Å². The van der Waals surface area contributed by atoms with Gasteiger partial charge in [0.25, 0.3) is 6.47 Å². The molecule has 0 aromatic heterocycles. The van der Waals surface area contributed by atoms with Crippen LogP contribution >= 0.6 is 0 Å². The van der Waals surface area contributed by atoms with Gasteiger partial charge < -0.3 is 27.8 Å². The van der Waals surface area contributed by atoms with Crippen molar-refractivity contribution in [3.8, 4) is 0 Å². The normalized spacial score (nSPS) is 9.00. The zero-order valence-corrected chi connectivity index (χ0v) is 8.10. The molecule has 5 heteroatoms. The molecule has 0 atom stereocenters. The van der Waals surface area contributed by atoms with Crippen LogP contribution < -0.4 is 18.6 Å². The number of rotatable bonds is 4. The van der Waals surface area contributed by atoms with Gasteiger partial charge >= 0.3 is 0 Å². The first kappa shape index (κ1) is 17.0. The second-order valence-corrected chi connectivity index (χ2v) is 2.98. The van der Waals surface area contributed by atoms with Crippen molar-refractivity contribution >= 4 is 6.47 Å². The minimum absolute atomic E-state index is 0. The van der Waals surface area contributed by atoms with Crippen LogP contribution in [-0.4, -0.2) is 45.2 Å². The smallest absolute Gasteiger partial charge is 0.293 e. The highest BCUT2D eigenvalue weighted by Gasteiger charge is 2.04. The number of hydrogen-bond donors (Lipinski definition) is 1. The highest BCUT2D eigenvalue weighted by atomic mass is 35.5. The number of quaternary nitrogens is 1. The lowest BCUT2D eigenvalue weighted by atomic mass is 10.5. The predicted molar refractivity (Wildman–Crippen MR) is 39.9 cm³/mol. The molecular formula is C6H17ClN2O2. The summed E-state index contributed by atoms with van der Waals surface area (Å²) in [5, 5.41) is 0. The number of carbonyl (C=O) groups is 1. The summed E-state index contributed by atoms with van der Waals surface area (Å²) in [5.74, 6) is 0. The number of nitrogens with zero attached hydrogens (tertiary/aromatic N) is 1. The van der Waals surface area contributed by atoms with E-state index in [0.717, 1.165) is 11.0 Å². The molecule has 4 nitrogen and oxygen atoms in total. The maximum atomic E-state index is 9.66. The first-order chi connectivity index (χ1) is 4.06. The molecule has 0 aromatic carbocycles. The fourth-order valence-corrected chi connectivity index (χ4v) is 0.375. The van der Waals surface area contributed by atoms with Gasteiger partial charge in [0.1, 0.15) is 13.2 Å². The van der Waals surface area contributed by atoms with Crippen molar-refractivity contribution in [3.05, 3.63) is 0 Å². The maximum absolute atomic E-state index is 9.66. The number of halogens is 1. The zero-order valence-electron chi connectivity index (χ0n) is 7.34. The summed E-state index contributed by atoms with van der Waals surface area (Å²) in [7, 11) is 6.15. The molecule has 0 bridgehead atoms. The first-order valence-corrected chi connectivity index (χ1v) is 2.92. The Morgan fingerprint density at radius 3 is 2.09 bits per heavy atom. The summed E-state index contributed by atoms with van der Waals surface area (Å²) in [4.78, 5) is 9.66. The van der Waals surface area contributed by atoms with E-state index in [1.54, 1.807) is 0 Å². The number of carbonyl (C=O) groups excluding carboxylic acids is 1. The van der Waals surface area contributed by atoms with Gasteiger partial charge in [0.15, 0.2) is 0 Å². The van der Waals surface area contributed by atoms with Gasteiger partial charge in [-0.3, -0.25) is 4.79 Å². The number of hydrogen-bond acceptors (Lipinski definition) is 3. The topological polar surface area (TPSA) is 61.3 Å². The zero-order chi connectivity index (χ0) is 7.33. The molecule has 0 aliphatic heterocycles. The van der Waals surface area contributed by atoms with Gasteiger partial charge in [0, 0.05) is 0 Å². The third-order valence-electron chi connectivity index (χ3n) is 0.948. The Morgan fingerprint density at radius 1 is 1.36 bits per heavy atom. The quantitative estimate of drug-likeness (QED) is 0.289. The Balaban J connectivity index is -0.000000320. The van der Waals surface area contributed by atoms with Gasteiger partial charge in [-0.05, 0) is 0 Å². The molecule has 3 N–H and O–H groups in total. The average molecular weight is 185 g/mol. The molecule has 0 aromatic rings. The molecule has 0 amide bonds. The maximum Gasteiger partial charge on any atom is 0.293 e. The van der Waals surface area contributed by atoms with Crippen LogP contribution in [0.1, 0.15) is 0 Å². The Hall–Kier alpha value is -0.320. The predicted octanol–water partition coefficient (Wildman–Crippen LogP) is -2.97. The SMILES string of the molecule is C[N+](C)(C)CCOC=O.N.[Cl-]. The minimum Gasteiger partial charge on any atom is -1.00 e. The summed E-state index contributed by atoms with van der Waals surface area (Å²) < 4.78 is 5.34. The Labute approximate surface area is 74.1 Å². The molecular weight excluding hydrogens is 168 g/mol. The van der Waals surface area contributed by atoms with E-state index in [1.807, 2.05) is 21.1 Å². The lowest BCUT2D eigenvalue weighted by molar-refractivity contribution is -0.870. The molecule has 0 aliphatic carbocycles. The molecule has 0 unspecified atom stereocenters. The van der Waals surface area contributed by atoms with Crippen molar-refractivity contribution in [2.45, 2.75) is 0 Å². The lowest BCUT2D eigenvalue weighted by Crippen LogP contribution is -3.00. The molecule has 0 fully saturated rings. The summed E-state index contributed by atoms with van der Waals surface area (Å²) in [6.45, 7) is 1.85. The number of likely N-dealkylation sites (N-methyl/N-ethyl adjacent to an activating group) is 1. The van der Waals surface area contributed by atoms with Crippen molar-refractivity contribution in [2.75, 3.05) is 34.3 Å². The van der Waals surface area contributed by atoms with Crippen LogP contribution in [0.15, 0.2) is 0 Å². The van der Waals surface area contributed by atoms with E-state index in [9.17, 15) is 4.79 Å². The second kappa shape index (κ2) is 7.78. The van der Waals surface area contributed by atoms with Crippen molar-refractivity contribution in [1.82, 2.24) is 6.15 Å². The molecule has 0 heterocycles. The highest BCUT2D eigenvalue weighted by molar-refractivity contribution is 5.36. The second-order valence-electron chi connectivity index (χ2n) is 2.98. The fourth-order valence-electron chi connectivity index (χ4n) is 0.375. The Morgan fingerprint density at radius 2 is 1.82 bits per heavy atom. The summed E-state index contributed by atoms with van der Waals surface area (Å²) in [6.07, 6.45) is 0. The highest BCUT2D eigenvalue weighted by Crippen LogP contribution is 1.87. The largest absolute Gasteiger partial charge is 1.00 e. The molecule has 70 valence electrons. The third kappa shape index (κ3) is 17.7. The van der Waals surface area contributed by atoms with E-state index < -0.39 is 0 Å². The van der Waals surface area contributed by atoms with Crippen LogP contribution in [0.3, 0.4) is 0 Å². The molecule has 0 rings (SSSR count). The van der Waals surface area contributed by atoms with Crippen LogP contribution in [0.25, 0.3) is 0 Å². The standard InChI is InChI=1S/C6H14NO2.ClH.H3N/c1-7(2,3)4-5-9-6-8;;/h6H,4-5H2,1-3H3;1H;1H3/q+1;;/p-1. The molecule has 11 heavy (non-hydrogen) atoms. The van der Waals surface area contributed by atoms with E-state index in [1.165, 1.54) is 0 Å². The van der Waals surface area contributed by atoms with Gasteiger partial charge in [-0.2, -0.15) is 0 Å². The van der Waals surface area contributed by atoms with Gasteiger partial charge in [0.2, 0.25) is 0 Å². The van der Waals surface area contributed by atoms with Gasteiger partial charge in [-0.1, -0.05) is 0 Å². The number of ether oxygens (including phenoxy) is 1. The molecule has 0 radical (unpaired) electrons. The average Bonchev–Trinajstić information content (AvgIpc) is 1.63. The Kier molecular flexibility index (Phi) is 12.0. The summed E-state index contributed by atoms with van der Waals surface area (Å²) in [5.41, 5.74) is 0. The fraction of sp³-hybridized carbons (Fsp3) is 0.833. The van der Waals surface area contributed by atoms with E-state index in [-0.39, 0.29) is 18.6 Å². The van der Waals surface area contributed by atoms with Crippen LogP contribution in [0.4, 0.5) is 0 Å². The van der Waals surface area contributed by atoms with Crippen LogP contribution in [0.2, 0.25) is 0 Å². The minimum atomic E-state index is 0. The van der Waals surface area contributed by atoms with Gasteiger partial charge in [-0.15, -0.1) is 0 Å². The van der Waals surface area contributed by atoms with Gasteiger partial charge in [-0.25, -0.2) is 0 Å². The van der Waals surface area contributed by atoms with Crippen molar-refractivity contribution in [2.24, 2.45) is 0 Å². The first-order valence-electron chi connectivity index (χ1n) is 2.92. The van der Waals surface area contributed by atoms with Gasteiger partial charge in [0.05, 0.1) is 21.1 Å². The molecule has 0 spiro atoms. The third-order valence-corrected chi connectivity index (χ3v) is 0.948. The summed E-state index contributed by atoms with van der Waals surface area (Å²) in [6, 6.07) is 0. The summed E-state index contributed by atoms with van der Waals surface area (Å²) >= 11 is 0. The molecule has 0 aliphatic rings. The monoisotopic (exact) mass is 184 g/mol. The lowest BCUT2D eigenvalue weighted by Gasteiger charge is -2.22. The van der Waals surface area contributed by atoms with Crippen LogP contribution in [-0.2, 0) is 9.53 Å². The molecule has 0 saturated heterocycles. The van der Waals surface area contributed by atoms with Crippen molar-refractivity contribution < 1.29 is 26.4 Å². The van der Waals surface area contributed by atoms with Crippen molar-refractivity contribution in [3.63, 3.8) is 0 Å². The van der Waals surface area contributed by atoms with Crippen LogP contribution in [0, 0.1) is 0 Å². The van der Waals surface area contributed by atoms with E-state index in [2.05, 4.69) is 4.74 Å². The molecule has 0 saturated carbocycles. The van der Waals surface area contributed by atoms with Crippen molar-refractivity contribution in [1.29, 1.82) is 0 Å².